The van der Waals surface area contributed by atoms with Crippen LogP contribution in [-0.2, 0) is 6.54 Å². The fourth-order valence-corrected chi connectivity index (χ4v) is 3.78. The number of benzene rings is 2. The average molecular weight is 408 g/mol. The summed E-state index contributed by atoms with van der Waals surface area (Å²) in [7, 11) is 0. The van der Waals surface area contributed by atoms with Gasteiger partial charge in [0.25, 0.3) is 11.5 Å². The number of amides is 1. The fourth-order valence-electron chi connectivity index (χ4n) is 3.58. The zero-order valence-electron chi connectivity index (χ0n) is 16.0. The van der Waals surface area contributed by atoms with Crippen molar-refractivity contribution >= 4 is 23.2 Å². The normalized spacial score (nSPS) is 14.1. The maximum Gasteiger partial charge on any atom is 0.255 e. The van der Waals surface area contributed by atoms with Gasteiger partial charge in [0.1, 0.15) is 0 Å². The number of piperazine rings is 1. The molecule has 0 saturated carbocycles. The highest BCUT2D eigenvalue weighted by atomic mass is 35.5. The molecule has 2 heterocycles. The number of pyridine rings is 1. The van der Waals surface area contributed by atoms with Gasteiger partial charge in [0.05, 0.1) is 12.1 Å². The molecular formula is C23H22ClN3O2. The molecule has 0 atom stereocenters. The van der Waals surface area contributed by atoms with Gasteiger partial charge >= 0.3 is 0 Å². The summed E-state index contributed by atoms with van der Waals surface area (Å²) in [4.78, 5) is 29.4. The molecule has 1 aliphatic rings. The van der Waals surface area contributed by atoms with E-state index in [1.54, 1.807) is 18.3 Å². The molecule has 6 heteroatoms. The topological polar surface area (TPSA) is 45.6 Å². The standard InChI is InChI=1S/C23H22ClN3O2/c24-21-9-5-4-6-18(21)16-27-17-19(10-11-22(27)28)23(29)26-14-12-25(13-15-26)20-7-2-1-3-8-20/h1-11,17H,12-16H2. The number of hydrogen-bond acceptors (Lipinski definition) is 3. The Morgan fingerprint density at radius 1 is 0.862 bits per heavy atom. The molecule has 1 saturated heterocycles. The first-order valence-corrected chi connectivity index (χ1v) is 10.0. The Kier molecular flexibility index (Phi) is 5.67. The Labute approximate surface area is 174 Å². The maximum absolute atomic E-state index is 13.0. The number of rotatable bonds is 4. The van der Waals surface area contributed by atoms with E-state index in [2.05, 4.69) is 17.0 Å². The smallest absolute Gasteiger partial charge is 0.255 e. The summed E-state index contributed by atoms with van der Waals surface area (Å²) in [6, 6.07) is 20.7. The van der Waals surface area contributed by atoms with E-state index in [9.17, 15) is 9.59 Å². The van der Waals surface area contributed by atoms with Gasteiger partial charge in [-0.3, -0.25) is 9.59 Å². The third kappa shape index (κ3) is 4.35. The van der Waals surface area contributed by atoms with E-state index in [-0.39, 0.29) is 11.5 Å². The Balaban J connectivity index is 1.47. The van der Waals surface area contributed by atoms with Gasteiger partial charge < -0.3 is 14.4 Å². The molecule has 5 nitrogen and oxygen atoms in total. The van der Waals surface area contributed by atoms with Crippen LogP contribution in [0.1, 0.15) is 15.9 Å². The second-order valence-corrected chi connectivity index (χ2v) is 7.50. The summed E-state index contributed by atoms with van der Waals surface area (Å²) in [5.74, 6) is -0.0504. The molecule has 1 fully saturated rings. The Hall–Kier alpha value is -3.05. The van der Waals surface area contributed by atoms with Crippen molar-refractivity contribution in [3.63, 3.8) is 0 Å². The number of aromatic nitrogens is 1. The van der Waals surface area contributed by atoms with E-state index in [0.717, 1.165) is 18.7 Å². The first kappa shape index (κ1) is 19.3. The Bertz CT molecular complexity index is 1060. The lowest BCUT2D eigenvalue weighted by atomic mass is 10.2. The largest absolute Gasteiger partial charge is 0.368 e. The second-order valence-electron chi connectivity index (χ2n) is 7.09. The summed E-state index contributed by atoms with van der Waals surface area (Å²) >= 11 is 6.22. The van der Waals surface area contributed by atoms with Gasteiger partial charge in [0.2, 0.25) is 0 Å². The summed E-state index contributed by atoms with van der Waals surface area (Å²) in [5.41, 5.74) is 2.38. The average Bonchev–Trinajstić information content (AvgIpc) is 2.77. The van der Waals surface area contributed by atoms with Crippen molar-refractivity contribution in [2.45, 2.75) is 6.54 Å². The molecule has 2 aromatic carbocycles. The molecule has 0 aliphatic carbocycles. The van der Waals surface area contributed by atoms with E-state index in [4.69, 9.17) is 11.6 Å². The lowest BCUT2D eigenvalue weighted by molar-refractivity contribution is 0.0746. The van der Waals surface area contributed by atoms with Crippen molar-refractivity contribution in [1.82, 2.24) is 9.47 Å². The van der Waals surface area contributed by atoms with Crippen LogP contribution in [0.15, 0.2) is 77.7 Å². The SMILES string of the molecule is O=C(c1ccc(=O)n(Cc2ccccc2Cl)c1)N1CCN(c2ccccc2)CC1. The third-order valence-corrected chi connectivity index (χ3v) is 5.59. The highest BCUT2D eigenvalue weighted by Crippen LogP contribution is 2.18. The van der Waals surface area contributed by atoms with Gasteiger partial charge in [-0.1, -0.05) is 48.0 Å². The highest BCUT2D eigenvalue weighted by Gasteiger charge is 2.22. The molecule has 0 unspecified atom stereocenters. The first-order valence-electron chi connectivity index (χ1n) is 9.65. The van der Waals surface area contributed by atoms with Crippen LogP contribution in [0.2, 0.25) is 5.02 Å². The van der Waals surface area contributed by atoms with Gasteiger partial charge in [-0.25, -0.2) is 0 Å². The number of para-hydroxylation sites is 1. The van der Waals surface area contributed by atoms with Crippen molar-refractivity contribution in [2.75, 3.05) is 31.1 Å². The molecule has 148 valence electrons. The summed E-state index contributed by atoms with van der Waals surface area (Å²) in [6.45, 7) is 3.21. The number of hydrogen-bond donors (Lipinski definition) is 0. The Morgan fingerprint density at radius 2 is 1.55 bits per heavy atom. The molecule has 0 bridgehead atoms. The lowest BCUT2D eigenvalue weighted by Crippen LogP contribution is -2.49. The van der Waals surface area contributed by atoms with Crippen LogP contribution in [0.3, 0.4) is 0 Å². The van der Waals surface area contributed by atoms with Gasteiger partial charge in [-0.05, 0) is 29.8 Å². The van der Waals surface area contributed by atoms with Crippen molar-refractivity contribution in [3.8, 4) is 0 Å². The lowest BCUT2D eigenvalue weighted by Gasteiger charge is -2.36. The molecule has 1 amide bonds. The van der Waals surface area contributed by atoms with Crippen molar-refractivity contribution < 1.29 is 4.79 Å². The van der Waals surface area contributed by atoms with E-state index in [1.165, 1.54) is 16.3 Å². The number of halogens is 1. The predicted molar refractivity (Wildman–Crippen MR) is 116 cm³/mol. The molecule has 0 spiro atoms. The predicted octanol–water partition coefficient (Wildman–Crippen LogP) is 3.51. The quantitative estimate of drug-likeness (QED) is 0.664. The third-order valence-electron chi connectivity index (χ3n) is 5.22. The molecule has 29 heavy (non-hydrogen) atoms. The number of nitrogens with zero attached hydrogens (tertiary/aromatic N) is 3. The molecule has 1 aliphatic heterocycles. The van der Waals surface area contributed by atoms with Gasteiger partial charge in [0, 0.05) is 49.2 Å². The van der Waals surface area contributed by atoms with E-state index in [0.29, 0.717) is 30.2 Å². The zero-order chi connectivity index (χ0) is 20.2. The summed E-state index contributed by atoms with van der Waals surface area (Å²) in [5, 5.41) is 0.605. The minimum Gasteiger partial charge on any atom is -0.368 e. The summed E-state index contributed by atoms with van der Waals surface area (Å²) in [6.07, 6.45) is 1.64. The molecule has 0 N–H and O–H groups in total. The van der Waals surface area contributed by atoms with E-state index in [1.807, 2.05) is 41.3 Å². The minimum atomic E-state index is -0.157. The monoisotopic (exact) mass is 407 g/mol. The van der Waals surface area contributed by atoms with Crippen LogP contribution in [0.25, 0.3) is 0 Å². The summed E-state index contributed by atoms with van der Waals surface area (Å²) < 4.78 is 1.54. The minimum absolute atomic E-state index is 0.0504. The van der Waals surface area contributed by atoms with Gasteiger partial charge in [-0.2, -0.15) is 0 Å². The molecule has 4 rings (SSSR count). The molecule has 3 aromatic rings. The van der Waals surface area contributed by atoms with E-state index < -0.39 is 0 Å². The van der Waals surface area contributed by atoms with Crippen LogP contribution in [0, 0.1) is 0 Å². The van der Waals surface area contributed by atoms with Crippen LogP contribution >= 0.6 is 11.6 Å². The fraction of sp³-hybridized carbons (Fsp3) is 0.217. The van der Waals surface area contributed by atoms with Crippen LogP contribution in [0.4, 0.5) is 5.69 Å². The first-order chi connectivity index (χ1) is 14.1. The van der Waals surface area contributed by atoms with Crippen LogP contribution in [0.5, 0.6) is 0 Å². The Morgan fingerprint density at radius 3 is 2.28 bits per heavy atom. The van der Waals surface area contributed by atoms with Crippen LogP contribution < -0.4 is 10.5 Å². The molecular weight excluding hydrogens is 386 g/mol. The molecule has 0 radical (unpaired) electrons. The second kappa shape index (κ2) is 8.53. The zero-order valence-corrected chi connectivity index (χ0v) is 16.8. The number of carbonyl (C=O) groups is 1. The number of anilines is 1. The van der Waals surface area contributed by atoms with Crippen LogP contribution in [-0.4, -0.2) is 41.6 Å². The van der Waals surface area contributed by atoms with Gasteiger partial charge in [0.15, 0.2) is 0 Å². The van der Waals surface area contributed by atoms with Crippen molar-refractivity contribution in [1.29, 1.82) is 0 Å². The molecule has 1 aromatic heterocycles. The van der Waals surface area contributed by atoms with Crippen molar-refractivity contribution in [2.24, 2.45) is 0 Å². The maximum atomic E-state index is 13.0. The van der Waals surface area contributed by atoms with Gasteiger partial charge in [-0.15, -0.1) is 0 Å². The van der Waals surface area contributed by atoms with Crippen molar-refractivity contribution in [3.05, 3.63) is 99.4 Å². The number of carbonyl (C=O) groups excluding carboxylic acids is 1. The van der Waals surface area contributed by atoms with E-state index >= 15 is 0 Å². The highest BCUT2D eigenvalue weighted by molar-refractivity contribution is 6.31.